The second-order valence-electron chi connectivity index (χ2n) is 10.4. The van der Waals surface area contributed by atoms with Crippen LogP contribution in [-0.2, 0) is 16.0 Å². The van der Waals surface area contributed by atoms with Gasteiger partial charge in [-0.3, -0.25) is 14.4 Å². The fourth-order valence-corrected chi connectivity index (χ4v) is 5.98. The van der Waals surface area contributed by atoms with Crippen molar-refractivity contribution < 1.29 is 23.8 Å². The van der Waals surface area contributed by atoms with E-state index in [2.05, 4.69) is 20.9 Å². The number of anilines is 2. The summed E-state index contributed by atoms with van der Waals surface area (Å²) < 4.78 is 17.1. The van der Waals surface area contributed by atoms with E-state index in [1.165, 1.54) is 18.3 Å². The summed E-state index contributed by atoms with van der Waals surface area (Å²) in [5.74, 6) is 0.866. The number of carbonyl (C=O) groups excluding carboxylic acids is 2. The summed E-state index contributed by atoms with van der Waals surface area (Å²) in [5.41, 5.74) is 3.84. The highest BCUT2D eigenvalue weighted by Crippen LogP contribution is 2.50. The SMILES string of the molecule is CC[C@@H](C)[C@H](Nc1ccc2c(cc1=O)[C@@H](NC(C)=O)CCc1cc(OC)c(OC)c(OC)c1-2)C(=O)Nc1nc(C)cs1. The molecule has 0 radical (unpaired) electrons. The number of nitrogens with one attached hydrogen (secondary N) is 3. The third kappa shape index (κ3) is 6.35. The zero-order valence-corrected chi connectivity index (χ0v) is 25.9. The molecule has 3 N–H and O–H groups in total. The summed E-state index contributed by atoms with van der Waals surface area (Å²) in [6, 6.07) is 5.85. The number of aromatic nitrogens is 1. The van der Waals surface area contributed by atoms with Crippen molar-refractivity contribution in [1.29, 1.82) is 0 Å². The summed E-state index contributed by atoms with van der Waals surface area (Å²) in [5, 5.41) is 11.5. The van der Waals surface area contributed by atoms with Gasteiger partial charge in [0.2, 0.25) is 23.0 Å². The minimum absolute atomic E-state index is 0.0848. The van der Waals surface area contributed by atoms with Crippen LogP contribution < -0.4 is 35.6 Å². The van der Waals surface area contributed by atoms with E-state index >= 15 is 0 Å². The molecule has 1 aliphatic rings. The molecule has 3 aromatic rings. The monoisotopic (exact) mass is 594 g/mol. The molecule has 0 fully saturated rings. The summed E-state index contributed by atoms with van der Waals surface area (Å²) in [6.45, 7) is 7.27. The van der Waals surface area contributed by atoms with Gasteiger partial charge in [-0.15, -0.1) is 11.3 Å². The molecule has 2 amide bonds. The molecule has 224 valence electrons. The first-order valence-electron chi connectivity index (χ1n) is 13.9. The maximum atomic E-state index is 13.8. The lowest BCUT2D eigenvalue weighted by Crippen LogP contribution is -2.40. The fraction of sp³-hybridized carbons (Fsp3) is 0.419. The Labute approximate surface area is 249 Å². The van der Waals surface area contributed by atoms with Gasteiger partial charge in [-0.25, -0.2) is 4.98 Å². The summed E-state index contributed by atoms with van der Waals surface area (Å²) in [6.07, 6.45) is 1.86. The summed E-state index contributed by atoms with van der Waals surface area (Å²) in [4.78, 5) is 43.7. The van der Waals surface area contributed by atoms with Gasteiger partial charge in [0.25, 0.3) is 0 Å². The lowest BCUT2D eigenvalue weighted by molar-refractivity contribution is -0.120. The number of amides is 2. The van der Waals surface area contributed by atoms with E-state index in [4.69, 9.17) is 14.2 Å². The van der Waals surface area contributed by atoms with Crippen molar-refractivity contribution in [2.75, 3.05) is 32.0 Å². The molecule has 11 heteroatoms. The molecule has 1 aliphatic carbocycles. The standard InChI is InChI=1S/C31H38N4O6S/c1-8-16(2)27(30(38)35-31-32-17(3)15-42-31)34-23-12-10-20-21(14-24(23)37)22(33-18(4)36)11-9-19-13-25(39-5)28(40-6)29(41-7)26(19)20/h10,12-16,22,27H,8-9,11H2,1-7H3,(H,33,36)(H,34,37)(H,32,35,38)/t16-,22+,27+/m1/s1. The molecule has 0 bridgehead atoms. The van der Waals surface area contributed by atoms with Crippen molar-refractivity contribution in [1.82, 2.24) is 10.3 Å². The predicted octanol–water partition coefficient (Wildman–Crippen LogP) is 5.09. The van der Waals surface area contributed by atoms with E-state index in [1.807, 2.05) is 38.3 Å². The van der Waals surface area contributed by atoms with Crippen LogP contribution in [0.4, 0.5) is 10.8 Å². The Morgan fingerprint density at radius 3 is 2.45 bits per heavy atom. The van der Waals surface area contributed by atoms with Crippen molar-refractivity contribution in [3.05, 3.63) is 56.7 Å². The van der Waals surface area contributed by atoms with Gasteiger partial charge in [-0.1, -0.05) is 26.3 Å². The van der Waals surface area contributed by atoms with Crippen LogP contribution in [-0.4, -0.2) is 44.2 Å². The lowest BCUT2D eigenvalue weighted by atomic mass is 9.95. The Balaban J connectivity index is 1.87. The van der Waals surface area contributed by atoms with Crippen LogP contribution >= 0.6 is 11.3 Å². The highest BCUT2D eigenvalue weighted by atomic mass is 32.1. The van der Waals surface area contributed by atoms with E-state index < -0.39 is 12.1 Å². The molecule has 2 aromatic carbocycles. The predicted molar refractivity (Wildman–Crippen MR) is 165 cm³/mol. The molecule has 0 spiro atoms. The van der Waals surface area contributed by atoms with Crippen LogP contribution in [0.3, 0.4) is 0 Å². The second-order valence-corrected chi connectivity index (χ2v) is 11.2. The molecule has 0 aliphatic heterocycles. The number of carbonyl (C=O) groups is 2. The molecule has 1 aromatic heterocycles. The zero-order chi connectivity index (χ0) is 30.6. The highest BCUT2D eigenvalue weighted by molar-refractivity contribution is 7.13. The van der Waals surface area contributed by atoms with Crippen molar-refractivity contribution in [3.8, 4) is 28.4 Å². The first-order chi connectivity index (χ1) is 20.1. The number of ether oxygens (including phenoxy) is 3. The van der Waals surface area contributed by atoms with Crippen LogP contribution in [0.1, 0.15) is 56.5 Å². The Morgan fingerprint density at radius 2 is 1.86 bits per heavy atom. The molecule has 42 heavy (non-hydrogen) atoms. The van der Waals surface area contributed by atoms with Crippen molar-refractivity contribution in [3.63, 3.8) is 0 Å². The molecular formula is C31H38N4O6S. The lowest BCUT2D eigenvalue weighted by Gasteiger charge is -2.23. The van der Waals surface area contributed by atoms with Gasteiger partial charge < -0.3 is 30.2 Å². The fourth-order valence-electron chi connectivity index (χ4n) is 5.29. The molecule has 10 nitrogen and oxygen atoms in total. The first kappa shape index (κ1) is 30.8. The number of rotatable bonds is 10. The Morgan fingerprint density at radius 1 is 1.12 bits per heavy atom. The van der Waals surface area contributed by atoms with E-state index in [-0.39, 0.29) is 28.8 Å². The van der Waals surface area contributed by atoms with Gasteiger partial charge >= 0.3 is 0 Å². The molecule has 1 heterocycles. The number of hydrogen-bond acceptors (Lipinski definition) is 9. The van der Waals surface area contributed by atoms with Gasteiger partial charge in [0.15, 0.2) is 16.6 Å². The third-order valence-electron chi connectivity index (χ3n) is 7.57. The summed E-state index contributed by atoms with van der Waals surface area (Å²) >= 11 is 1.35. The van der Waals surface area contributed by atoms with Crippen molar-refractivity contribution >= 4 is 34.0 Å². The maximum Gasteiger partial charge on any atom is 0.248 e. The second kappa shape index (κ2) is 13.2. The zero-order valence-electron chi connectivity index (χ0n) is 25.0. The van der Waals surface area contributed by atoms with Crippen LogP contribution in [0.5, 0.6) is 17.2 Å². The third-order valence-corrected chi connectivity index (χ3v) is 8.45. The number of thiazole rings is 1. The van der Waals surface area contributed by atoms with Gasteiger partial charge in [-0.05, 0) is 60.6 Å². The number of benzene rings is 1. The van der Waals surface area contributed by atoms with E-state index in [0.717, 1.165) is 16.8 Å². The minimum Gasteiger partial charge on any atom is -0.493 e. The van der Waals surface area contributed by atoms with E-state index in [0.29, 0.717) is 52.8 Å². The van der Waals surface area contributed by atoms with E-state index in [9.17, 15) is 14.4 Å². The Bertz CT molecular complexity index is 1540. The van der Waals surface area contributed by atoms with Crippen LogP contribution in [0, 0.1) is 12.8 Å². The Hall–Kier alpha value is -4.12. The number of aryl methyl sites for hydroxylation is 2. The van der Waals surface area contributed by atoms with Crippen molar-refractivity contribution in [2.24, 2.45) is 5.92 Å². The van der Waals surface area contributed by atoms with Gasteiger partial charge in [-0.2, -0.15) is 0 Å². The number of methoxy groups -OCH3 is 3. The number of hydrogen-bond donors (Lipinski definition) is 3. The maximum absolute atomic E-state index is 13.8. The number of nitrogens with zero attached hydrogens (tertiary/aromatic N) is 1. The topological polar surface area (TPSA) is 128 Å². The minimum atomic E-state index is -0.688. The molecule has 0 saturated heterocycles. The first-order valence-corrected chi connectivity index (χ1v) is 14.8. The quantitative estimate of drug-likeness (QED) is 0.296. The number of fused-ring (bicyclic) bond motifs is 3. The smallest absolute Gasteiger partial charge is 0.248 e. The Kier molecular flexibility index (Phi) is 9.72. The highest BCUT2D eigenvalue weighted by Gasteiger charge is 2.30. The van der Waals surface area contributed by atoms with Crippen LogP contribution in [0.2, 0.25) is 0 Å². The molecular weight excluding hydrogens is 556 g/mol. The van der Waals surface area contributed by atoms with Crippen LogP contribution in [0.15, 0.2) is 34.4 Å². The molecule has 3 atom stereocenters. The van der Waals surface area contributed by atoms with Gasteiger partial charge in [0.1, 0.15) is 6.04 Å². The summed E-state index contributed by atoms with van der Waals surface area (Å²) in [7, 11) is 4.66. The normalized spacial score (nSPS) is 15.3. The molecule has 4 rings (SSSR count). The van der Waals surface area contributed by atoms with Gasteiger partial charge in [0.05, 0.1) is 38.8 Å². The average molecular weight is 595 g/mol. The van der Waals surface area contributed by atoms with E-state index in [1.54, 1.807) is 33.5 Å². The van der Waals surface area contributed by atoms with Crippen molar-refractivity contribution in [2.45, 2.75) is 59.0 Å². The molecule has 0 saturated carbocycles. The van der Waals surface area contributed by atoms with Crippen LogP contribution in [0.25, 0.3) is 11.1 Å². The van der Waals surface area contributed by atoms with Gasteiger partial charge in [0, 0.05) is 17.9 Å². The largest absolute Gasteiger partial charge is 0.493 e. The average Bonchev–Trinajstić information content (AvgIpc) is 3.23. The molecule has 0 unspecified atom stereocenters.